The second kappa shape index (κ2) is 9.20. The van der Waals surface area contributed by atoms with Crippen molar-refractivity contribution in [3.05, 3.63) is 77.9 Å². The van der Waals surface area contributed by atoms with Crippen LogP contribution in [0.2, 0.25) is 0 Å². The summed E-state index contributed by atoms with van der Waals surface area (Å²) in [5, 5.41) is 6.11. The summed E-state index contributed by atoms with van der Waals surface area (Å²) in [7, 11) is -3.64. The Bertz CT molecular complexity index is 1190. The third-order valence-corrected chi connectivity index (χ3v) is 10.2. The van der Waals surface area contributed by atoms with Gasteiger partial charge in [-0.15, -0.1) is 11.8 Å². The molecule has 3 aliphatic rings. The summed E-state index contributed by atoms with van der Waals surface area (Å²) < 4.78 is 27.9. The lowest BCUT2D eigenvalue weighted by Gasteiger charge is -2.19. The molecule has 2 saturated heterocycles. The van der Waals surface area contributed by atoms with Gasteiger partial charge in [-0.25, -0.2) is 8.42 Å². The fourth-order valence-corrected chi connectivity index (χ4v) is 8.36. The van der Waals surface area contributed by atoms with E-state index in [0.717, 1.165) is 19.3 Å². The molecular weight excluding hydrogens is 470 g/mol. The van der Waals surface area contributed by atoms with Crippen molar-refractivity contribution in [2.45, 2.75) is 40.8 Å². The molecule has 1 aliphatic carbocycles. The van der Waals surface area contributed by atoms with Crippen molar-refractivity contribution >= 4 is 33.6 Å². The van der Waals surface area contributed by atoms with Crippen molar-refractivity contribution in [3.8, 4) is 0 Å². The van der Waals surface area contributed by atoms with Gasteiger partial charge in [0, 0.05) is 29.9 Å². The predicted molar refractivity (Wildman–Crippen MR) is 132 cm³/mol. The van der Waals surface area contributed by atoms with Gasteiger partial charge in [0.05, 0.1) is 10.3 Å². The molecule has 0 saturated carbocycles. The Morgan fingerprint density at radius 3 is 2.29 bits per heavy atom. The summed E-state index contributed by atoms with van der Waals surface area (Å²) in [5.41, 5.74) is 2.97. The lowest BCUT2D eigenvalue weighted by Crippen LogP contribution is -2.35. The number of carbonyl (C=O) groups is 2. The van der Waals surface area contributed by atoms with E-state index >= 15 is 0 Å². The van der Waals surface area contributed by atoms with Crippen molar-refractivity contribution in [2.24, 2.45) is 5.92 Å². The summed E-state index contributed by atoms with van der Waals surface area (Å²) in [6, 6.07) is 14.4. The van der Waals surface area contributed by atoms with Crippen LogP contribution in [0.4, 0.5) is 0 Å². The molecule has 0 radical (unpaired) electrons. The van der Waals surface area contributed by atoms with Gasteiger partial charge >= 0.3 is 0 Å². The van der Waals surface area contributed by atoms with Gasteiger partial charge < -0.3 is 10.6 Å². The smallest absolute Gasteiger partial charge is 0.251 e. The van der Waals surface area contributed by atoms with Gasteiger partial charge in [0.25, 0.3) is 5.91 Å². The molecule has 7 nitrogen and oxygen atoms in total. The first-order valence-corrected chi connectivity index (χ1v) is 13.8. The Labute approximate surface area is 204 Å². The van der Waals surface area contributed by atoms with Crippen LogP contribution >= 0.6 is 11.8 Å². The normalized spacial score (nSPS) is 24.4. The quantitative estimate of drug-likeness (QED) is 0.598. The molecule has 5 rings (SSSR count). The van der Waals surface area contributed by atoms with Crippen LogP contribution < -0.4 is 10.6 Å². The lowest BCUT2D eigenvalue weighted by atomic mass is 10.1. The van der Waals surface area contributed by atoms with Gasteiger partial charge in [0.1, 0.15) is 0 Å². The number of hydrogen-bond acceptors (Lipinski definition) is 5. The number of amides is 2. The number of hydrogen-bond donors (Lipinski definition) is 2. The summed E-state index contributed by atoms with van der Waals surface area (Å²) in [4.78, 5) is 24.5. The van der Waals surface area contributed by atoms with Crippen LogP contribution in [0.3, 0.4) is 0 Å². The van der Waals surface area contributed by atoms with Crippen molar-refractivity contribution < 1.29 is 18.0 Å². The number of rotatable bonds is 6. The minimum absolute atomic E-state index is 0.00388. The zero-order chi connectivity index (χ0) is 23.9. The van der Waals surface area contributed by atoms with Crippen LogP contribution in [-0.2, 0) is 27.7 Å². The van der Waals surface area contributed by atoms with Gasteiger partial charge in [-0.1, -0.05) is 30.8 Å². The van der Waals surface area contributed by atoms with E-state index in [4.69, 9.17) is 0 Å². The predicted octanol–water partition coefficient (Wildman–Crippen LogP) is 2.34. The topological polar surface area (TPSA) is 95.6 Å². The molecule has 2 aromatic rings. The van der Waals surface area contributed by atoms with E-state index in [1.165, 1.54) is 33.6 Å². The van der Waals surface area contributed by atoms with Crippen LogP contribution in [0.25, 0.3) is 0 Å². The molecule has 9 heteroatoms. The maximum atomic E-state index is 13.2. The third kappa shape index (κ3) is 4.52. The van der Waals surface area contributed by atoms with Crippen LogP contribution in [-0.4, -0.2) is 54.3 Å². The highest BCUT2D eigenvalue weighted by atomic mass is 32.2. The third-order valence-electron chi connectivity index (χ3n) is 6.83. The van der Waals surface area contributed by atoms with E-state index in [-0.39, 0.29) is 39.3 Å². The largest absolute Gasteiger partial charge is 0.349 e. The Hall–Kier alpha value is -2.62. The second-order valence-electron chi connectivity index (χ2n) is 9.07. The summed E-state index contributed by atoms with van der Waals surface area (Å²) >= 11 is 1.62. The number of carbonyl (C=O) groups excluding carboxylic acids is 2. The number of thioether (sulfide) groups is 1. The molecule has 2 amide bonds. The van der Waals surface area contributed by atoms with Gasteiger partial charge in [-0.2, -0.15) is 4.31 Å². The number of benzene rings is 2. The number of sulfonamides is 1. The molecule has 2 fully saturated rings. The number of fused-ring (bicyclic) bond motifs is 2. The van der Waals surface area contributed by atoms with Crippen LogP contribution in [0.15, 0.2) is 66.1 Å². The Balaban J connectivity index is 1.19. The standard InChI is InChI=1S/C25H27N3O4S2/c1-2-23(29)27-24-13-19-14-28(15-22(19)33-24)34(31,32)21-9-7-16(8-10-21)25(30)26-20-11-17-5-3-4-6-18(17)12-20/h2-10,19-20,22,24H,1,11-15H2,(H,26,30)(H,27,29). The van der Waals surface area contributed by atoms with Crippen molar-refractivity contribution in [3.63, 3.8) is 0 Å². The molecule has 3 unspecified atom stereocenters. The molecule has 2 aromatic carbocycles. The maximum absolute atomic E-state index is 13.2. The second-order valence-corrected chi connectivity index (χ2v) is 12.5. The summed E-state index contributed by atoms with van der Waals surface area (Å²) in [5.74, 6) is -0.194. The molecule has 2 aliphatic heterocycles. The maximum Gasteiger partial charge on any atom is 0.251 e. The van der Waals surface area contributed by atoms with E-state index in [1.807, 2.05) is 12.1 Å². The zero-order valence-electron chi connectivity index (χ0n) is 18.6. The average molecular weight is 498 g/mol. The van der Waals surface area contributed by atoms with Crippen molar-refractivity contribution in [1.82, 2.24) is 14.9 Å². The molecule has 178 valence electrons. The monoisotopic (exact) mass is 497 g/mol. The molecule has 2 N–H and O–H groups in total. The van der Waals surface area contributed by atoms with E-state index < -0.39 is 10.0 Å². The first-order chi connectivity index (χ1) is 16.3. The first kappa shape index (κ1) is 23.1. The highest BCUT2D eigenvalue weighted by Gasteiger charge is 2.45. The zero-order valence-corrected chi connectivity index (χ0v) is 20.3. The fraction of sp³-hybridized carbons (Fsp3) is 0.360. The summed E-state index contributed by atoms with van der Waals surface area (Å²) in [6.07, 6.45) is 3.61. The molecule has 2 heterocycles. The average Bonchev–Trinajstić information content (AvgIpc) is 3.51. The fourth-order valence-electron chi connectivity index (χ4n) is 5.09. The highest BCUT2D eigenvalue weighted by Crippen LogP contribution is 2.43. The van der Waals surface area contributed by atoms with Crippen molar-refractivity contribution in [1.29, 1.82) is 0 Å². The molecule has 34 heavy (non-hydrogen) atoms. The van der Waals surface area contributed by atoms with Crippen LogP contribution in [0.1, 0.15) is 27.9 Å². The number of nitrogens with one attached hydrogen (secondary N) is 2. The number of nitrogens with zero attached hydrogens (tertiary/aromatic N) is 1. The van der Waals surface area contributed by atoms with Crippen molar-refractivity contribution in [2.75, 3.05) is 13.1 Å². The minimum Gasteiger partial charge on any atom is -0.349 e. The van der Waals surface area contributed by atoms with E-state index in [9.17, 15) is 18.0 Å². The molecule has 3 atom stereocenters. The lowest BCUT2D eigenvalue weighted by molar-refractivity contribution is -0.116. The van der Waals surface area contributed by atoms with E-state index in [0.29, 0.717) is 18.7 Å². The van der Waals surface area contributed by atoms with E-state index in [2.05, 4.69) is 29.3 Å². The van der Waals surface area contributed by atoms with Gasteiger partial charge in [0.2, 0.25) is 15.9 Å². The Morgan fingerprint density at radius 1 is 1.00 bits per heavy atom. The first-order valence-electron chi connectivity index (χ1n) is 11.4. The SMILES string of the molecule is C=CC(=O)NC1CC2CN(S(=O)(=O)c3ccc(C(=O)NC4Cc5ccccc5C4)cc3)CC2S1. The van der Waals surface area contributed by atoms with Gasteiger partial charge in [0.15, 0.2) is 0 Å². The van der Waals surface area contributed by atoms with Gasteiger partial charge in [-0.3, -0.25) is 9.59 Å². The Kier molecular flexibility index (Phi) is 6.26. The van der Waals surface area contributed by atoms with Crippen LogP contribution in [0.5, 0.6) is 0 Å². The van der Waals surface area contributed by atoms with Gasteiger partial charge in [-0.05, 0) is 66.6 Å². The molecular formula is C25H27N3O4S2. The molecule has 0 aromatic heterocycles. The minimum atomic E-state index is -3.64. The summed E-state index contributed by atoms with van der Waals surface area (Å²) in [6.45, 7) is 4.32. The van der Waals surface area contributed by atoms with Crippen LogP contribution in [0, 0.1) is 5.92 Å². The molecule has 0 spiro atoms. The molecule has 0 bridgehead atoms. The Morgan fingerprint density at radius 2 is 1.68 bits per heavy atom. The highest BCUT2D eigenvalue weighted by molar-refractivity contribution is 8.00. The van der Waals surface area contributed by atoms with E-state index in [1.54, 1.807) is 23.9 Å².